The molecule has 3 aromatic carbocycles. The van der Waals surface area contributed by atoms with Gasteiger partial charge in [-0.2, -0.15) is 13.2 Å². The van der Waals surface area contributed by atoms with Crippen molar-refractivity contribution in [2.45, 2.75) is 11.1 Å². The first-order valence-electron chi connectivity index (χ1n) is 7.97. The third kappa shape index (κ3) is 4.22. The zero-order valence-electron chi connectivity index (χ0n) is 14.5. The second kappa shape index (κ2) is 7.12. The summed E-state index contributed by atoms with van der Waals surface area (Å²) < 4.78 is 89.4. The minimum atomic E-state index is -4.73. The van der Waals surface area contributed by atoms with E-state index < -0.39 is 33.4 Å². The van der Waals surface area contributed by atoms with E-state index in [2.05, 4.69) is 0 Å². The van der Waals surface area contributed by atoms with Crippen LogP contribution in [0.3, 0.4) is 0 Å². The molecule has 0 aliphatic heterocycles. The summed E-state index contributed by atoms with van der Waals surface area (Å²) in [5.41, 5.74) is 4.73. The zero-order valence-corrected chi connectivity index (χ0v) is 15.3. The second-order valence-corrected chi connectivity index (χ2v) is 7.74. The Morgan fingerprint density at radius 3 is 1.90 bits per heavy atom. The maximum Gasteiger partial charge on any atom is 0.416 e. The van der Waals surface area contributed by atoms with Crippen molar-refractivity contribution in [1.82, 2.24) is 0 Å². The van der Waals surface area contributed by atoms with Crippen molar-refractivity contribution in [2.75, 3.05) is 5.73 Å². The normalized spacial score (nSPS) is 12.2. The van der Waals surface area contributed by atoms with E-state index in [9.17, 15) is 30.4 Å². The number of nitrogen functional groups attached to an aromatic ring is 1. The van der Waals surface area contributed by atoms with Gasteiger partial charge in [0.15, 0.2) is 0 Å². The highest BCUT2D eigenvalue weighted by Crippen LogP contribution is 2.39. The molecular weight excluding hydrogens is 415 g/mol. The summed E-state index contributed by atoms with van der Waals surface area (Å²) in [6.45, 7) is 0. The van der Waals surface area contributed by atoms with Crippen molar-refractivity contribution in [3.63, 3.8) is 0 Å². The van der Waals surface area contributed by atoms with Crippen molar-refractivity contribution < 1.29 is 30.4 Å². The van der Waals surface area contributed by atoms with E-state index in [-0.39, 0.29) is 27.3 Å². The second-order valence-electron chi connectivity index (χ2n) is 6.18. The molecular formula is C19H13F5N2O2S. The molecule has 4 N–H and O–H groups in total. The van der Waals surface area contributed by atoms with E-state index in [0.717, 1.165) is 18.2 Å². The van der Waals surface area contributed by atoms with Gasteiger partial charge in [-0.25, -0.2) is 22.3 Å². The Kier molecular flexibility index (Phi) is 5.10. The van der Waals surface area contributed by atoms with Crippen LogP contribution in [0.1, 0.15) is 5.56 Å². The first-order valence-corrected chi connectivity index (χ1v) is 9.52. The molecule has 0 saturated carbocycles. The topological polar surface area (TPSA) is 86.2 Å². The first-order chi connectivity index (χ1) is 13.4. The number of benzene rings is 3. The predicted octanol–water partition coefficient (Wildman–Crippen LogP) is 4.55. The van der Waals surface area contributed by atoms with Gasteiger partial charge in [0.1, 0.15) is 11.6 Å². The van der Waals surface area contributed by atoms with E-state index in [4.69, 9.17) is 10.9 Å². The highest BCUT2D eigenvalue weighted by atomic mass is 32.2. The van der Waals surface area contributed by atoms with Crippen molar-refractivity contribution in [3.05, 3.63) is 71.8 Å². The van der Waals surface area contributed by atoms with Gasteiger partial charge in [0.2, 0.25) is 10.0 Å². The minimum absolute atomic E-state index is 0.0894. The average Bonchev–Trinajstić information content (AvgIpc) is 2.62. The van der Waals surface area contributed by atoms with Crippen LogP contribution in [0.2, 0.25) is 0 Å². The molecule has 0 radical (unpaired) electrons. The monoisotopic (exact) mass is 428 g/mol. The SMILES string of the molecule is Nc1c(-c2ccc(S(N)(=O)=O)cc2)cc(F)cc1-c1ccc(C(F)(F)F)cc1F. The summed E-state index contributed by atoms with van der Waals surface area (Å²) in [5, 5.41) is 5.02. The number of nitrogens with two attached hydrogens (primary N) is 2. The maximum absolute atomic E-state index is 14.3. The van der Waals surface area contributed by atoms with Crippen molar-refractivity contribution in [1.29, 1.82) is 0 Å². The molecule has 3 aromatic rings. The van der Waals surface area contributed by atoms with Crippen LogP contribution in [-0.4, -0.2) is 8.42 Å². The fraction of sp³-hybridized carbons (Fsp3) is 0.0526. The number of hydrogen-bond acceptors (Lipinski definition) is 3. The Hall–Kier alpha value is -2.98. The Labute approximate surface area is 162 Å². The summed E-state index contributed by atoms with van der Waals surface area (Å²) in [5.74, 6) is -2.02. The summed E-state index contributed by atoms with van der Waals surface area (Å²) in [6.07, 6.45) is -4.73. The molecule has 0 spiro atoms. The number of alkyl halides is 3. The van der Waals surface area contributed by atoms with Crippen LogP contribution in [0.4, 0.5) is 27.6 Å². The number of rotatable bonds is 3. The molecule has 0 atom stereocenters. The molecule has 4 nitrogen and oxygen atoms in total. The molecule has 29 heavy (non-hydrogen) atoms. The van der Waals surface area contributed by atoms with E-state index >= 15 is 0 Å². The lowest BCUT2D eigenvalue weighted by molar-refractivity contribution is -0.137. The molecule has 0 amide bonds. The molecule has 3 rings (SSSR count). The predicted molar refractivity (Wildman–Crippen MR) is 98.0 cm³/mol. The average molecular weight is 428 g/mol. The van der Waals surface area contributed by atoms with E-state index in [1.54, 1.807) is 0 Å². The number of anilines is 1. The maximum atomic E-state index is 14.3. The molecule has 0 fully saturated rings. The number of hydrogen-bond donors (Lipinski definition) is 2. The third-order valence-electron chi connectivity index (χ3n) is 4.23. The fourth-order valence-corrected chi connectivity index (χ4v) is 3.33. The number of halogens is 5. The lowest BCUT2D eigenvalue weighted by Crippen LogP contribution is -2.11. The van der Waals surface area contributed by atoms with Gasteiger partial charge in [-0.1, -0.05) is 18.2 Å². The molecule has 0 unspecified atom stereocenters. The van der Waals surface area contributed by atoms with Gasteiger partial charge in [0, 0.05) is 22.4 Å². The Bertz CT molecular complexity index is 1190. The molecule has 152 valence electrons. The van der Waals surface area contributed by atoms with Crippen molar-refractivity contribution >= 4 is 15.7 Å². The fourth-order valence-electron chi connectivity index (χ4n) is 2.81. The summed E-state index contributed by atoms with van der Waals surface area (Å²) in [7, 11) is -3.94. The van der Waals surface area contributed by atoms with Gasteiger partial charge in [0.05, 0.1) is 10.5 Å². The smallest absolute Gasteiger partial charge is 0.398 e. The van der Waals surface area contributed by atoms with Crippen LogP contribution in [0.25, 0.3) is 22.3 Å². The summed E-state index contributed by atoms with van der Waals surface area (Å²) in [4.78, 5) is -0.176. The van der Waals surface area contributed by atoms with Crippen LogP contribution in [0, 0.1) is 11.6 Å². The van der Waals surface area contributed by atoms with E-state index in [1.807, 2.05) is 0 Å². The van der Waals surface area contributed by atoms with E-state index in [0.29, 0.717) is 17.7 Å². The van der Waals surface area contributed by atoms with Gasteiger partial charge in [-0.05, 0) is 42.0 Å². The van der Waals surface area contributed by atoms with Crippen LogP contribution >= 0.6 is 0 Å². The zero-order chi connectivity index (χ0) is 21.6. The molecule has 10 heteroatoms. The Balaban J connectivity index is 2.13. The van der Waals surface area contributed by atoms with Crippen LogP contribution in [-0.2, 0) is 16.2 Å². The minimum Gasteiger partial charge on any atom is -0.398 e. The van der Waals surface area contributed by atoms with Crippen LogP contribution in [0.15, 0.2) is 59.5 Å². The number of sulfonamides is 1. The summed E-state index contributed by atoms with van der Waals surface area (Å²) in [6, 6.07) is 8.84. The van der Waals surface area contributed by atoms with Crippen LogP contribution in [0.5, 0.6) is 0 Å². The molecule has 0 heterocycles. The van der Waals surface area contributed by atoms with Crippen LogP contribution < -0.4 is 10.9 Å². The first kappa shape index (κ1) is 20.7. The van der Waals surface area contributed by atoms with Gasteiger partial charge in [-0.15, -0.1) is 0 Å². The number of primary sulfonamides is 1. The lowest BCUT2D eigenvalue weighted by atomic mass is 9.95. The van der Waals surface area contributed by atoms with Gasteiger partial charge in [0.25, 0.3) is 0 Å². The van der Waals surface area contributed by atoms with Crippen molar-refractivity contribution in [3.8, 4) is 22.3 Å². The Morgan fingerprint density at radius 1 is 0.793 bits per heavy atom. The quantitative estimate of drug-likeness (QED) is 0.474. The van der Waals surface area contributed by atoms with Crippen molar-refractivity contribution in [2.24, 2.45) is 5.14 Å². The third-order valence-corrected chi connectivity index (χ3v) is 5.15. The summed E-state index contributed by atoms with van der Waals surface area (Å²) >= 11 is 0. The van der Waals surface area contributed by atoms with Gasteiger partial charge in [-0.3, -0.25) is 0 Å². The largest absolute Gasteiger partial charge is 0.416 e. The standard InChI is InChI=1S/C19H13F5N2O2S/c20-12-8-15(10-1-4-13(5-2-10)29(26,27)28)18(25)16(9-12)14-6-3-11(7-17(14)21)19(22,23)24/h1-9H,25H2,(H2,26,27,28). The van der Waals surface area contributed by atoms with Gasteiger partial charge < -0.3 is 5.73 Å². The van der Waals surface area contributed by atoms with E-state index in [1.165, 1.54) is 24.3 Å². The molecule has 0 aliphatic rings. The Morgan fingerprint density at radius 2 is 1.38 bits per heavy atom. The molecule has 0 saturated heterocycles. The lowest BCUT2D eigenvalue weighted by Gasteiger charge is -2.14. The highest BCUT2D eigenvalue weighted by molar-refractivity contribution is 7.89. The molecule has 0 aromatic heterocycles. The highest BCUT2D eigenvalue weighted by Gasteiger charge is 2.31. The van der Waals surface area contributed by atoms with Gasteiger partial charge >= 0.3 is 6.18 Å². The molecule has 0 aliphatic carbocycles. The molecule has 0 bridgehead atoms.